The summed E-state index contributed by atoms with van der Waals surface area (Å²) in [6.45, 7) is 3.99. The molecule has 1 heterocycles. The lowest BCUT2D eigenvalue weighted by Gasteiger charge is -2.40. The molecule has 98 valence electrons. The molecule has 0 spiro atoms. The van der Waals surface area contributed by atoms with Crippen LogP contribution in [0.3, 0.4) is 0 Å². The van der Waals surface area contributed by atoms with E-state index in [4.69, 9.17) is 5.73 Å². The molecule has 5 nitrogen and oxygen atoms in total. The highest BCUT2D eigenvalue weighted by Crippen LogP contribution is 2.24. The smallest absolute Gasteiger partial charge is 0.236 e. The predicted octanol–water partition coefficient (Wildman–Crippen LogP) is 0.257. The van der Waals surface area contributed by atoms with Crippen LogP contribution in [0.5, 0.6) is 5.75 Å². The molecule has 4 unspecified atom stereocenters. The van der Waals surface area contributed by atoms with Gasteiger partial charge in [-0.15, -0.1) is 0 Å². The SMILES string of the molecule is CC1NC(C)C(c2ccc(O)cc2)NC1C(N)=O. The summed E-state index contributed by atoms with van der Waals surface area (Å²) in [5.74, 6) is -0.124. The van der Waals surface area contributed by atoms with E-state index in [0.29, 0.717) is 0 Å². The largest absolute Gasteiger partial charge is 0.508 e. The number of hydrogen-bond donors (Lipinski definition) is 4. The molecule has 1 aliphatic heterocycles. The highest BCUT2D eigenvalue weighted by atomic mass is 16.3. The van der Waals surface area contributed by atoms with Crippen molar-refractivity contribution in [3.63, 3.8) is 0 Å². The van der Waals surface area contributed by atoms with Gasteiger partial charge >= 0.3 is 0 Å². The lowest BCUT2D eigenvalue weighted by Crippen LogP contribution is -2.64. The summed E-state index contributed by atoms with van der Waals surface area (Å²) >= 11 is 0. The average Bonchev–Trinajstić information content (AvgIpc) is 2.30. The summed E-state index contributed by atoms with van der Waals surface area (Å²) in [7, 11) is 0. The second-order valence-corrected chi connectivity index (χ2v) is 4.86. The Hall–Kier alpha value is -1.59. The van der Waals surface area contributed by atoms with E-state index in [1.54, 1.807) is 12.1 Å². The van der Waals surface area contributed by atoms with Crippen molar-refractivity contribution in [3.8, 4) is 5.75 Å². The number of phenols is 1. The maximum absolute atomic E-state index is 11.4. The van der Waals surface area contributed by atoms with Gasteiger partial charge in [0.2, 0.25) is 5.91 Å². The van der Waals surface area contributed by atoms with Crippen molar-refractivity contribution in [3.05, 3.63) is 29.8 Å². The van der Waals surface area contributed by atoms with Gasteiger partial charge in [0.05, 0.1) is 0 Å². The van der Waals surface area contributed by atoms with Gasteiger partial charge in [0.1, 0.15) is 11.8 Å². The van der Waals surface area contributed by atoms with Gasteiger partial charge in [-0.1, -0.05) is 12.1 Å². The van der Waals surface area contributed by atoms with Gasteiger partial charge in [-0.2, -0.15) is 0 Å². The van der Waals surface area contributed by atoms with E-state index < -0.39 is 0 Å². The first-order valence-corrected chi connectivity index (χ1v) is 6.09. The molecule has 0 saturated carbocycles. The Kier molecular flexibility index (Phi) is 3.54. The van der Waals surface area contributed by atoms with Crippen LogP contribution in [0.4, 0.5) is 0 Å². The zero-order chi connectivity index (χ0) is 13.3. The highest BCUT2D eigenvalue weighted by Gasteiger charge is 2.35. The molecule has 1 saturated heterocycles. The van der Waals surface area contributed by atoms with E-state index in [0.717, 1.165) is 5.56 Å². The molecule has 5 N–H and O–H groups in total. The Morgan fingerprint density at radius 3 is 2.33 bits per heavy atom. The van der Waals surface area contributed by atoms with Crippen LogP contribution >= 0.6 is 0 Å². The van der Waals surface area contributed by atoms with Gasteiger partial charge in [0, 0.05) is 18.1 Å². The van der Waals surface area contributed by atoms with Crippen LogP contribution in [-0.2, 0) is 4.79 Å². The highest BCUT2D eigenvalue weighted by molar-refractivity contribution is 5.81. The number of hydrogen-bond acceptors (Lipinski definition) is 4. The average molecular weight is 249 g/mol. The van der Waals surface area contributed by atoms with Crippen LogP contribution in [0.25, 0.3) is 0 Å². The van der Waals surface area contributed by atoms with E-state index >= 15 is 0 Å². The number of rotatable bonds is 2. The minimum absolute atomic E-state index is 0.000648. The molecular formula is C13H19N3O2. The van der Waals surface area contributed by atoms with Crippen molar-refractivity contribution >= 4 is 5.91 Å². The first-order chi connectivity index (χ1) is 8.49. The van der Waals surface area contributed by atoms with Crippen molar-refractivity contribution in [2.45, 2.75) is 38.0 Å². The summed E-state index contributed by atoms with van der Waals surface area (Å²) in [6.07, 6.45) is 0. The third-order valence-electron chi connectivity index (χ3n) is 3.44. The van der Waals surface area contributed by atoms with E-state index in [1.165, 1.54) is 0 Å². The fourth-order valence-corrected chi connectivity index (χ4v) is 2.48. The lowest BCUT2D eigenvalue weighted by atomic mass is 9.93. The maximum atomic E-state index is 11.4. The number of benzene rings is 1. The first-order valence-electron chi connectivity index (χ1n) is 6.09. The standard InChI is InChI=1S/C13H19N3O2/c1-7-11(9-3-5-10(17)6-4-9)16-12(13(14)18)8(2)15-7/h3-8,11-12,15-17H,1-2H3,(H2,14,18). The zero-order valence-electron chi connectivity index (χ0n) is 10.6. The Balaban J connectivity index is 2.21. The Bertz CT molecular complexity index is 432. The topological polar surface area (TPSA) is 87.4 Å². The second kappa shape index (κ2) is 4.96. The first kappa shape index (κ1) is 12.9. The van der Waals surface area contributed by atoms with Crippen LogP contribution in [0, 0.1) is 0 Å². The number of carbonyl (C=O) groups is 1. The monoisotopic (exact) mass is 249 g/mol. The van der Waals surface area contributed by atoms with Crippen molar-refractivity contribution in [1.82, 2.24) is 10.6 Å². The molecule has 0 aromatic heterocycles. The van der Waals surface area contributed by atoms with Gasteiger partial charge in [0.25, 0.3) is 0 Å². The van der Waals surface area contributed by atoms with E-state index in [-0.39, 0.29) is 35.8 Å². The molecule has 18 heavy (non-hydrogen) atoms. The summed E-state index contributed by atoms with van der Waals surface area (Å²) in [5.41, 5.74) is 6.41. The summed E-state index contributed by atoms with van der Waals surface area (Å²) in [4.78, 5) is 11.4. The van der Waals surface area contributed by atoms with E-state index in [9.17, 15) is 9.90 Å². The molecule has 1 aliphatic rings. The summed E-state index contributed by atoms with van der Waals surface area (Å²) < 4.78 is 0. The van der Waals surface area contributed by atoms with Crippen LogP contribution in [0.2, 0.25) is 0 Å². The Labute approximate surface area is 106 Å². The zero-order valence-corrected chi connectivity index (χ0v) is 10.6. The van der Waals surface area contributed by atoms with Gasteiger partial charge < -0.3 is 16.2 Å². The molecule has 0 aliphatic carbocycles. The van der Waals surface area contributed by atoms with Crippen molar-refractivity contribution in [1.29, 1.82) is 0 Å². The molecular weight excluding hydrogens is 230 g/mol. The number of aromatic hydroxyl groups is 1. The molecule has 1 fully saturated rings. The fourth-order valence-electron chi connectivity index (χ4n) is 2.48. The number of piperazine rings is 1. The van der Waals surface area contributed by atoms with Gasteiger partial charge in [-0.05, 0) is 31.5 Å². The third kappa shape index (κ3) is 2.47. The number of nitrogens with two attached hydrogens (primary N) is 1. The molecule has 5 heteroatoms. The third-order valence-corrected chi connectivity index (χ3v) is 3.44. The Morgan fingerprint density at radius 2 is 1.78 bits per heavy atom. The van der Waals surface area contributed by atoms with Gasteiger partial charge in [-0.25, -0.2) is 0 Å². The number of nitrogens with one attached hydrogen (secondary N) is 2. The maximum Gasteiger partial charge on any atom is 0.236 e. The quantitative estimate of drug-likeness (QED) is 0.605. The van der Waals surface area contributed by atoms with Crippen molar-refractivity contribution in [2.24, 2.45) is 5.73 Å². The minimum atomic E-state index is -0.389. The number of carbonyl (C=O) groups excluding carboxylic acids is 1. The number of amides is 1. The van der Waals surface area contributed by atoms with E-state index in [2.05, 4.69) is 17.6 Å². The van der Waals surface area contributed by atoms with Gasteiger partial charge in [-0.3, -0.25) is 10.1 Å². The number of primary amides is 1. The molecule has 4 atom stereocenters. The molecule has 0 radical (unpaired) electrons. The molecule has 1 aromatic rings. The second-order valence-electron chi connectivity index (χ2n) is 4.86. The number of phenolic OH excluding ortho intramolecular Hbond substituents is 1. The van der Waals surface area contributed by atoms with E-state index in [1.807, 2.05) is 19.1 Å². The fraction of sp³-hybridized carbons (Fsp3) is 0.462. The Morgan fingerprint density at radius 1 is 1.17 bits per heavy atom. The molecule has 0 bridgehead atoms. The molecule has 2 rings (SSSR count). The summed E-state index contributed by atoms with van der Waals surface area (Å²) in [5, 5.41) is 15.9. The van der Waals surface area contributed by atoms with Crippen molar-refractivity contribution < 1.29 is 9.90 Å². The molecule has 1 amide bonds. The molecule has 1 aromatic carbocycles. The van der Waals surface area contributed by atoms with Crippen molar-refractivity contribution in [2.75, 3.05) is 0 Å². The van der Waals surface area contributed by atoms with Crippen LogP contribution < -0.4 is 16.4 Å². The lowest BCUT2D eigenvalue weighted by molar-refractivity contribution is -0.121. The summed E-state index contributed by atoms with van der Waals surface area (Å²) in [6, 6.07) is 6.77. The van der Waals surface area contributed by atoms with Crippen LogP contribution in [0.15, 0.2) is 24.3 Å². The normalized spacial score (nSPS) is 32.1. The van der Waals surface area contributed by atoms with Crippen LogP contribution in [0.1, 0.15) is 25.5 Å². The van der Waals surface area contributed by atoms with Crippen LogP contribution in [-0.4, -0.2) is 29.1 Å². The predicted molar refractivity (Wildman–Crippen MR) is 69.0 cm³/mol. The van der Waals surface area contributed by atoms with Gasteiger partial charge in [0.15, 0.2) is 0 Å². The minimum Gasteiger partial charge on any atom is -0.508 e.